The summed E-state index contributed by atoms with van der Waals surface area (Å²) in [5.74, 6) is 0.0762. The first-order valence-corrected chi connectivity index (χ1v) is 3.97. The van der Waals surface area contributed by atoms with Crippen LogP contribution in [0.25, 0.3) is 0 Å². The Morgan fingerprint density at radius 1 is 1.53 bits per heavy atom. The molecule has 0 fully saturated rings. The van der Waals surface area contributed by atoms with Crippen LogP contribution in [-0.4, -0.2) is 33.9 Å². The molecule has 1 atom stereocenters. The molecule has 1 heterocycles. The van der Waals surface area contributed by atoms with Crippen molar-refractivity contribution in [2.75, 3.05) is 17.6 Å². The standard InChI is InChI=1S/C7H9F3N4O/c8-7(9,10)4(15)3-13-5-1-2-12-6(11)14-5/h1-2,4,15H,3H2,(H3,11,12,13,14). The molecule has 1 rings (SSSR count). The van der Waals surface area contributed by atoms with Crippen molar-refractivity contribution in [1.82, 2.24) is 9.97 Å². The Kier molecular flexibility index (Phi) is 3.30. The molecule has 0 saturated carbocycles. The number of alkyl halides is 3. The summed E-state index contributed by atoms with van der Waals surface area (Å²) in [6, 6.07) is 1.35. The number of anilines is 2. The molecule has 1 aromatic rings. The molecule has 0 aromatic carbocycles. The average molecular weight is 222 g/mol. The quantitative estimate of drug-likeness (QED) is 0.689. The Bertz CT molecular complexity index is 330. The second-order valence-electron chi connectivity index (χ2n) is 2.74. The van der Waals surface area contributed by atoms with E-state index in [1.165, 1.54) is 12.3 Å². The van der Waals surface area contributed by atoms with Gasteiger partial charge in [-0.05, 0) is 6.07 Å². The van der Waals surface area contributed by atoms with Crippen LogP contribution < -0.4 is 11.1 Å². The molecule has 0 aliphatic heterocycles. The Balaban J connectivity index is 2.51. The maximum atomic E-state index is 11.9. The minimum atomic E-state index is -4.65. The van der Waals surface area contributed by atoms with Gasteiger partial charge in [-0.25, -0.2) is 4.98 Å². The van der Waals surface area contributed by atoms with Gasteiger partial charge >= 0.3 is 6.18 Å². The minimum Gasteiger partial charge on any atom is -0.382 e. The molecule has 15 heavy (non-hydrogen) atoms. The second-order valence-corrected chi connectivity index (χ2v) is 2.74. The molecule has 84 valence electrons. The first kappa shape index (κ1) is 11.5. The molecule has 0 radical (unpaired) electrons. The first-order chi connectivity index (χ1) is 6.89. The van der Waals surface area contributed by atoms with Crippen LogP contribution in [0.1, 0.15) is 0 Å². The van der Waals surface area contributed by atoms with E-state index < -0.39 is 18.8 Å². The summed E-state index contributed by atoms with van der Waals surface area (Å²) < 4.78 is 35.7. The highest BCUT2D eigenvalue weighted by atomic mass is 19.4. The van der Waals surface area contributed by atoms with Crippen LogP contribution in [0, 0.1) is 0 Å². The van der Waals surface area contributed by atoms with Crippen LogP contribution in [-0.2, 0) is 0 Å². The first-order valence-electron chi connectivity index (χ1n) is 3.97. The SMILES string of the molecule is Nc1nccc(NCC(O)C(F)(F)F)n1. The number of aromatic nitrogens is 2. The molecule has 0 saturated heterocycles. The van der Waals surface area contributed by atoms with E-state index in [9.17, 15) is 13.2 Å². The second kappa shape index (κ2) is 4.30. The molecule has 0 spiro atoms. The number of rotatable bonds is 3. The van der Waals surface area contributed by atoms with E-state index in [0.717, 1.165) is 0 Å². The van der Waals surface area contributed by atoms with Crippen molar-refractivity contribution in [3.63, 3.8) is 0 Å². The number of aliphatic hydroxyl groups excluding tert-OH is 1. The third-order valence-electron chi connectivity index (χ3n) is 1.53. The van der Waals surface area contributed by atoms with Crippen molar-refractivity contribution >= 4 is 11.8 Å². The number of nitrogen functional groups attached to an aromatic ring is 1. The normalized spacial score (nSPS) is 13.6. The number of hydrogen-bond acceptors (Lipinski definition) is 5. The molecule has 4 N–H and O–H groups in total. The fourth-order valence-corrected chi connectivity index (χ4v) is 0.789. The van der Waals surface area contributed by atoms with Crippen LogP contribution in [0.4, 0.5) is 24.9 Å². The van der Waals surface area contributed by atoms with E-state index in [1.54, 1.807) is 0 Å². The predicted octanol–water partition coefficient (Wildman–Crippen LogP) is 0.394. The van der Waals surface area contributed by atoms with Crippen LogP contribution in [0.15, 0.2) is 12.3 Å². The molecule has 5 nitrogen and oxygen atoms in total. The highest BCUT2D eigenvalue weighted by molar-refractivity contribution is 5.37. The van der Waals surface area contributed by atoms with Gasteiger partial charge in [0.2, 0.25) is 5.95 Å². The zero-order valence-corrected chi connectivity index (χ0v) is 7.49. The molecular weight excluding hydrogens is 213 g/mol. The topological polar surface area (TPSA) is 84.1 Å². The maximum Gasteiger partial charge on any atom is 0.416 e. The Morgan fingerprint density at radius 2 is 2.20 bits per heavy atom. The Hall–Kier alpha value is -1.57. The van der Waals surface area contributed by atoms with Crippen molar-refractivity contribution in [2.24, 2.45) is 0 Å². The summed E-state index contributed by atoms with van der Waals surface area (Å²) in [7, 11) is 0. The maximum absolute atomic E-state index is 11.9. The van der Waals surface area contributed by atoms with E-state index in [2.05, 4.69) is 15.3 Å². The number of nitrogens with zero attached hydrogens (tertiary/aromatic N) is 2. The third-order valence-corrected chi connectivity index (χ3v) is 1.53. The Labute approximate surface area is 83.1 Å². The molecule has 0 amide bonds. The lowest BCUT2D eigenvalue weighted by molar-refractivity contribution is -0.198. The largest absolute Gasteiger partial charge is 0.416 e. The zero-order valence-electron chi connectivity index (χ0n) is 7.49. The van der Waals surface area contributed by atoms with E-state index in [-0.39, 0.29) is 11.8 Å². The molecule has 1 unspecified atom stereocenters. The van der Waals surface area contributed by atoms with Crippen molar-refractivity contribution < 1.29 is 18.3 Å². The number of aliphatic hydroxyl groups is 1. The van der Waals surface area contributed by atoms with Gasteiger partial charge < -0.3 is 16.2 Å². The minimum absolute atomic E-state index is 0.0542. The number of hydrogen-bond donors (Lipinski definition) is 3. The molecule has 0 bridgehead atoms. The summed E-state index contributed by atoms with van der Waals surface area (Å²) in [4.78, 5) is 7.16. The summed E-state index contributed by atoms with van der Waals surface area (Å²) in [5.41, 5.74) is 5.20. The van der Waals surface area contributed by atoms with Gasteiger partial charge in [0.15, 0.2) is 6.10 Å². The van der Waals surface area contributed by atoms with Crippen molar-refractivity contribution in [3.8, 4) is 0 Å². The fourth-order valence-electron chi connectivity index (χ4n) is 0.789. The molecule has 1 aromatic heterocycles. The summed E-state index contributed by atoms with van der Waals surface area (Å²) in [6.45, 7) is -0.681. The summed E-state index contributed by atoms with van der Waals surface area (Å²) >= 11 is 0. The smallest absolute Gasteiger partial charge is 0.382 e. The van der Waals surface area contributed by atoms with Gasteiger partial charge in [-0.1, -0.05) is 0 Å². The molecule has 0 aliphatic carbocycles. The monoisotopic (exact) mass is 222 g/mol. The lowest BCUT2D eigenvalue weighted by Gasteiger charge is -2.15. The summed E-state index contributed by atoms with van der Waals surface area (Å²) in [5, 5.41) is 10.9. The zero-order chi connectivity index (χ0) is 11.5. The van der Waals surface area contributed by atoms with E-state index >= 15 is 0 Å². The number of nitrogens with one attached hydrogen (secondary N) is 1. The fraction of sp³-hybridized carbons (Fsp3) is 0.429. The lowest BCUT2D eigenvalue weighted by atomic mass is 10.3. The average Bonchev–Trinajstić information content (AvgIpc) is 2.12. The summed E-state index contributed by atoms with van der Waals surface area (Å²) in [6.07, 6.45) is -5.79. The van der Waals surface area contributed by atoms with Gasteiger partial charge in [0.05, 0.1) is 6.54 Å². The van der Waals surface area contributed by atoms with Crippen molar-refractivity contribution in [1.29, 1.82) is 0 Å². The van der Waals surface area contributed by atoms with Crippen molar-refractivity contribution in [2.45, 2.75) is 12.3 Å². The van der Waals surface area contributed by atoms with Crippen LogP contribution in [0.5, 0.6) is 0 Å². The van der Waals surface area contributed by atoms with E-state index in [1.807, 2.05) is 0 Å². The van der Waals surface area contributed by atoms with Crippen LogP contribution in [0.2, 0.25) is 0 Å². The number of halogens is 3. The molecular formula is C7H9F3N4O. The van der Waals surface area contributed by atoms with Crippen LogP contribution >= 0.6 is 0 Å². The molecule has 0 aliphatic rings. The third kappa shape index (κ3) is 3.58. The van der Waals surface area contributed by atoms with Gasteiger partial charge in [-0.3, -0.25) is 0 Å². The van der Waals surface area contributed by atoms with Gasteiger partial charge in [0, 0.05) is 6.20 Å². The van der Waals surface area contributed by atoms with E-state index in [4.69, 9.17) is 10.8 Å². The number of nitrogens with two attached hydrogens (primary N) is 1. The highest BCUT2D eigenvalue weighted by Gasteiger charge is 2.37. The predicted molar refractivity (Wildman–Crippen MR) is 47.0 cm³/mol. The lowest BCUT2D eigenvalue weighted by Crippen LogP contribution is -2.35. The van der Waals surface area contributed by atoms with Gasteiger partial charge in [-0.2, -0.15) is 18.2 Å². The van der Waals surface area contributed by atoms with Gasteiger partial charge in [0.25, 0.3) is 0 Å². The van der Waals surface area contributed by atoms with Gasteiger partial charge in [-0.15, -0.1) is 0 Å². The highest BCUT2D eigenvalue weighted by Crippen LogP contribution is 2.20. The van der Waals surface area contributed by atoms with Crippen molar-refractivity contribution in [3.05, 3.63) is 12.3 Å². The van der Waals surface area contributed by atoms with Crippen LogP contribution in [0.3, 0.4) is 0 Å². The molecule has 8 heteroatoms. The van der Waals surface area contributed by atoms with Gasteiger partial charge in [0.1, 0.15) is 5.82 Å². The Morgan fingerprint density at radius 3 is 2.73 bits per heavy atom. The van der Waals surface area contributed by atoms with E-state index in [0.29, 0.717) is 0 Å².